The van der Waals surface area contributed by atoms with Crippen LogP contribution in [0.1, 0.15) is 0 Å². The Kier molecular flexibility index (Phi) is 7.35. The molecule has 4 heterocycles. The Morgan fingerprint density at radius 1 is 0.321 bits per heavy atom. The molecule has 0 N–H and O–H groups in total. The van der Waals surface area contributed by atoms with Crippen molar-refractivity contribution < 1.29 is 0 Å². The molecule has 11 aromatic rings. The van der Waals surface area contributed by atoms with Crippen molar-refractivity contribution in [2.45, 2.75) is 0 Å². The lowest BCUT2D eigenvalue weighted by atomic mass is 10.0. The van der Waals surface area contributed by atoms with E-state index < -0.39 is 0 Å². The minimum absolute atomic E-state index is 0.624. The second-order valence-corrected chi connectivity index (χ2v) is 13.8. The second-order valence-electron chi connectivity index (χ2n) is 13.8. The van der Waals surface area contributed by atoms with Gasteiger partial charge in [0, 0.05) is 55.2 Å². The third kappa shape index (κ3) is 5.25. The van der Waals surface area contributed by atoms with Gasteiger partial charge in [-0.2, -0.15) is 0 Å². The number of hydrogen-bond acceptors (Lipinski definition) is 5. The summed E-state index contributed by atoms with van der Waals surface area (Å²) in [6.45, 7) is 0. The maximum Gasteiger partial charge on any atom is 0.162 e. The summed E-state index contributed by atoms with van der Waals surface area (Å²) in [5.74, 6) is 1.28. The zero-order chi connectivity index (χ0) is 37.0. The van der Waals surface area contributed by atoms with E-state index in [0.717, 1.165) is 67.1 Å². The molecule has 7 nitrogen and oxygen atoms in total. The fourth-order valence-electron chi connectivity index (χ4n) is 8.04. The highest BCUT2D eigenvalue weighted by molar-refractivity contribution is 6.10. The molecule has 0 atom stereocenters. The highest BCUT2D eigenvalue weighted by Gasteiger charge is 2.19. The number of rotatable bonds is 6. The maximum absolute atomic E-state index is 5.30. The van der Waals surface area contributed by atoms with Gasteiger partial charge in [0.15, 0.2) is 11.6 Å². The lowest BCUT2D eigenvalue weighted by Gasteiger charge is -2.16. The first-order valence-electron chi connectivity index (χ1n) is 18.6. The van der Waals surface area contributed by atoms with Gasteiger partial charge in [-0.1, -0.05) is 127 Å². The number of benzene rings is 7. The largest absolute Gasteiger partial charge is 0.309 e. The Labute approximate surface area is 321 Å². The van der Waals surface area contributed by atoms with Crippen LogP contribution in [0.15, 0.2) is 189 Å². The summed E-state index contributed by atoms with van der Waals surface area (Å²) in [5, 5.41) is 4.85. The fourth-order valence-corrected chi connectivity index (χ4v) is 8.04. The summed E-state index contributed by atoms with van der Waals surface area (Å²) in [7, 11) is 0. The van der Waals surface area contributed by atoms with Crippen LogP contribution in [0.5, 0.6) is 0 Å². The van der Waals surface area contributed by atoms with Crippen LogP contribution in [0.25, 0.3) is 100 Å². The van der Waals surface area contributed by atoms with Crippen molar-refractivity contribution in [2.75, 3.05) is 0 Å². The summed E-state index contributed by atoms with van der Waals surface area (Å²) in [4.78, 5) is 23.1. The van der Waals surface area contributed by atoms with Crippen molar-refractivity contribution in [2.24, 2.45) is 0 Å². The Morgan fingerprint density at radius 3 is 1.23 bits per heavy atom. The molecule has 0 aliphatic carbocycles. The Morgan fingerprint density at radius 2 is 0.732 bits per heavy atom. The van der Waals surface area contributed by atoms with Crippen LogP contribution >= 0.6 is 0 Å². The molecule has 0 saturated heterocycles. The molecule has 56 heavy (non-hydrogen) atoms. The van der Waals surface area contributed by atoms with Crippen molar-refractivity contribution in [3.05, 3.63) is 189 Å². The van der Waals surface area contributed by atoms with Gasteiger partial charge >= 0.3 is 0 Å². The lowest BCUT2D eigenvalue weighted by Crippen LogP contribution is -2.01. The van der Waals surface area contributed by atoms with Crippen LogP contribution in [-0.2, 0) is 0 Å². The Hall–Kier alpha value is -7.77. The highest BCUT2D eigenvalue weighted by atomic mass is 15.0. The molecule has 0 aliphatic heterocycles. The molecule has 0 aliphatic rings. The normalized spacial score (nSPS) is 11.6. The first-order chi connectivity index (χ1) is 27.8. The van der Waals surface area contributed by atoms with E-state index in [1.807, 2.05) is 30.3 Å². The summed E-state index contributed by atoms with van der Waals surface area (Å²) >= 11 is 0. The van der Waals surface area contributed by atoms with Crippen molar-refractivity contribution in [1.29, 1.82) is 0 Å². The number of nitrogens with zero attached hydrogens (tertiary/aromatic N) is 7. The molecule has 7 heteroatoms. The molecule has 0 radical (unpaired) electrons. The van der Waals surface area contributed by atoms with Gasteiger partial charge in [0.2, 0.25) is 0 Å². The van der Waals surface area contributed by atoms with Gasteiger partial charge in [-0.05, 0) is 48.5 Å². The fraction of sp³-hybridized carbons (Fsp3) is 0. The van der Waals surface area contributed by atoms with Crippen molar-refractivity contribution in [3.63, 3.8) is 0 Å². The van der Waals surface area contributed by atoms with Crippen LogP contribution < -0.4 is 0 Å². The molecule has 7 aromatic carbocycles. The van der Waals surface area contributed by atoms with Gasteiger partial charge < -0.3 is 9.13 Å². The molecule has 11 rings (SSSR count). The second kappa shape index (κ2) is 13.0. The average Bonchev–Trinajstić information content (AvgIpc) is 3.80. The van der Waals surface area contributed by atoms with E-state index in [1.54, 1.807) is 0 Å². The molecule has 4 aromatic heterocycles. The minimum atomic E-state index is 0.624. The molecule has 0 bridgehead atoms. The molecule has 0 saturated carbocycles. The quantitative estimate of drug-likeness (QED) is 0.171. The van der Waals surface area contributed by atoms with E-state index in [1.165, 1.54) is 34.2 Å². The minimum Gasteiger partial charge on any atom is -0.309 e. The molecule has 0 amide bonds. The van der Waals surface area contributed by atoms with Gasteiger partial charge in [0.25, 0.3) is 0 Å². The van der Waals surface area contributed by atoms with Crippen molar-refractivity contribution >= 4 is 43.6 Å². The third-order valence-electron chi connectivity index (χ3n) is 10.6. The number of fused-ring (bicyclic) bond motifs is 6. The predicted octanol–water partition coefficient (Wildman–Crippen LogP) is 11.5. The lowest BCUT2D eigenvalue weighted by molar-refractivity contribution is 1.06. The monoisotopic (exact) mass is 717 g/mol. The molecule has 262 valence electrons. The predicted molar refractivity (Wildman–Crippen MR) is 226 cm³/mol. The number of aromatic nitrogens is 7. The SMILES string of the molecule is c1ccc(-c2nc(-c3ccc(-c4ncncn4)cc3)cc(-c3cc(-n4c5ccccc5c5ccccc54)cc(-n4c5ccccc5c5ccccc54)c3)n2)cc1. The average molecular weight is 718 g/mol. The van der Waals surface area contributed by atoms with Crippen LogP contribution in [0, 0.1) is 0 Å². The van der Waals surface area contributed by atoms with Crippen LogP contribution in [-0.4, -0.2) is 34.1 Å². The van der Waals surface area contributed by atoms with Gasteiger partial charge in [-0.15, -0.1) is 0 Å². The first-order valence-corrected chi connectivity index (χ1v) is 18.6. The van der Waals surface area contributed by atoms with Gasteiger partial charge in [0.1, 0.15) is 12.7 Å². The van der Waals surface area contributed by atoms with E-state index >= 15 is 0 Å². The third-order valence-corrected chi connectivity index (χ3v) is 10.6. The van der Waals surface area contributed by atoms with Crippen LogP contribution in [0.3, 0.4) is 0 Å². The van der Waals surface area contributed by atoms with Gasteiger partial charge in [-0.3, -0.25) is 0 Å². The smallest absolute Gasteiger partial charge is 0.162 e. The summed E-state index contributed by atoms with van der Waals surface area (Å²) in [5.41, 5.74) is 12.1. The summed E-state index contributed by atoms with van der Waals surface area (Å²) in [6.07, 6.45) is 3.03. The summed E-state index contributed by atoms with van der Waals surface area (Å²) < 4.78 is 4.76. The highest BCUT2D eigenvalue weighted by Crippen LogP contribution is 2.38. The van der Waals surface area contributed by atoms with Crippen molar-refractivity contribution in [1.82, 2.24) is 34.1 Å². The molecule has 0 unspecified atom stereocenters. The van der Waals surface area contributed by atoms with Crippen LogP contribution in [0.4, 0.5) is 0 Å². The van der Waals surface area contributed by atoms with Crippen molar-refractivity contribution in [3.8, 4) is 56.7 Å². The zero-order valence-corrected chi connectivity index (χ0v) is 30.0. The Balaban J connectivity index is 1.19. The van der Waals surface area contributed by atoms with Gasteiger partial charge in [-0.25, -0.2) is 24.9 Å². The standard InChI is InChI=1S/C49H31N7/c1-2-12-33(13-3-1)49-53-42(32-22-24-34(25-23-32)48-51-30-50-31-52-48)29-43(54-49)35-26-36(55-44-18-8-4-14-38(44)39-15-5-9-19-45(39)55)28-37(27-35)56-46-20-10-6-16-40(46)41-17-7-11-21-47(41)56/h1-31H. The molecular weight excluding hydrogens is 687 g/mol. The zero-order valence-electron chi connectivity index (χ0n) is 30.0. The van der Waals surface area contributed by atoms with E-state index in [2.05, 4.69) is 170 Å². The van der Waals surface area contributed by atoms with Gasteiger partial charge in [0.05, 0.1) is 33.5 Å². The molecular formula is C49H31N7. The van der Waals surface area contributed by atoms with Crippen LogP contribution in [0.2, 0.25) is 0 Å². The number of hydrogen-bond donors (Lipinski definition) is 0. The topological polar surface area (TPSA) is 74.3 Å². The summed E-state index contributed by atoms with van der Waals surface area (Å²) in [6, 6.07) is 61.9. The number of para-hydroxylation sites is 4. The first kappa shape index (κ1) is 31.7. The van der Waals surface area contributed by atoms with E-state index in [0.29, 0.717) is 11.6 Å². The Bertz CT molecular complexity index is 3000. The maximum atomic E-state index is 5.30. The van der Waals surface area contributed by atoms with E-state index in [9.17, 15) is 0 Å². The van der Waals surface area contributed by atoms with E-state index in [4.69, 9.17) is 9.97 Å². The van der Waals surface area contributed by atoms with E-state index in [-0.39, 0.29) is 0 Å². The molecule has 0 fully saturated rings. The molecule has 0 spiro atoms.